The third-order valence-electron chi connectivity index (χ3n) is 3.25. The zero-order valence-electron chi connectivity index (χ0n) is 12.1. The lowest BCUT2D eigenvalue weighted by atomic mass is 10.1. The Bertz CT molecular complexity index is 516. The molecule has 0 aliphatic carbocycles. The van der Waals surface area contributed by atoms with Crippen LogP contribution in [0.1, 0.15) is 19.4 Å². The number of thioether (sulfide) groups is 1. The minimum Gasteiger partial charge on any atom is -0.347 e. The van der Waals surface area contributed by atoms with Crippen LogP contribution in [0, 0.1) is 5.92 Å². The normalized spacial score (nSPS) is 11.6. The van der Waals surface area contributed by atoms with Gasteiger partial charge in [0.2, 0.25) is 0 Å². The number of hydrogen-bond donors (Lipinski definition) is 1. The van der Waals surface area contributed by atoms with Crippen LogP contribution < -0.4 is 5.32 Å². The van der Waals surface area contributed by atoms with Gasteiger partial charge in [0, 0.05) is 30.6 Å². The van der Waals surface area contributed by atoms with Crippen molar-refractivity contribution < 1.29 is 0 Å². The van der Waals surface area contributed by atoms with Crippen LogP contribution in [0.2, 0.25) is 0 Å². The number of nitrogens with one attached hydrogen (secondary N) is 1. The first-order chi connectivity index (χ1) is 9.20. The second kappa shape index (κ2) is 7.01. The third-order valence-corrected chi connectivity index (χ3v) is 3.84. The first kappa shape index (κ1) is 14.5. The second-order valence-electron chi connectivity index (χ2n) is 5.42. The number of nitrogens with zero attached hydrogens (tertiary/aromatic N) is 1. The SMILES string of the molecule is CSCCn1ccc2cc(CNCC(C)C)ccc21. The molecule has 0 bridgehead atoms. The van der Waals surface area contributed by atoms with Crippen molar-refractivity contribution in [1.82, 2.24) is 9.88 Å². The van der Waals surface area contributed by atoms with Crippen molar-refractivity contribution in [2.75, 3.05) is 18.6 Å². The molecular weight excluding hydrogens is 252 g/mol. The summed E-state index contributed by atoms with van der Waals surface area (Å²) >= 11 is 1.89. The van der Waals surface area contributed by atoms with E-state index in [2.05, 4.69) is 60.4 Å². The van der Waals surface area contributed by atoms with Crippen LogP contribution in [0.25, 0.3) is 10.9 Å². The molecule has 0 fully saturated rings. The van der Waals surface area contributed by atoms with Crippen molar-refractivity contribution in [2.24, 2.45) is 5.92 Å². The van der Waals surface area contributed by atoms with Gasteiger partial charge in [0.1, 0.15) is 0 Å². The Morgan fingerprint density at radius 3 is 2.84 bits per heavy atom. The Hall–Kier alpha value is -0.930. The highest BCUT2D eigenvalue weighted by molar-refractivity contribution is 7.98. The van der Waals surface area contributed by atoms with Crippen LogP contribution in [-0.4, -0.2) is 23.1 Å². The number of aryl methyl sites for hydroxylation is 1. The highest BCUT2D eigenvalue weighted by atomic mass is 32.2. The van der Waals surface area contributed by atoms with E-state index in [1.807, 2.05) is 11.8 Å². The number of fused-ring (bicyclic) bond motifs is 1. The highest BCUT2D eigenvalue weighted by Gasteiger charge is 2.02. The summed E-state index contributed by atoms with van der Waals surface area (Å²) in [5.41, 5.74) is 2.72. The molecule has 1 aromatic heterocycles. The van der Waals surface area contributed by atoms with E-state index in [0.717, 1.165) is 19.6 Å². The molecule has 2 aromatic rings. The monoisotopic (exact) mass is 276 g/mol. The van der Waals surface area contributed by atoms with E-state index in [9.17, 15) is 0 Å². The molecule has 0 atom stereocenters. The Balaban J connectivity index is 2.05. The Labute approximate surface area is 120 Å². The van der Waals surface area contributed by atoms with Crippen LogP contribution in [0.5, 0.6) is 0 Å². The number of rotatable bonds is 7. The summed E-state index contributed by atoms with van der Waals surface area (Å²) in [5, 5.41) is 4.85. The van der Waals surface area contributed by atoms with Gasteiger partial charge in [-0.05, 0) is 47.9 Å². The van der Waals surface area contributed by atoms with Gasteiger partial charge in [-0.3, -0.25) is 0 Å². The summed E-state index contributed by atoms with van der Waals surface area (Å²) in [4.78, 5) is 0. The number of aromatic nitrogens is 1. The van der Waals surface area contributed by atoms with Gasteiger partial charge >= 0.3 is 0 Å². The molecule has 0 amide bonds. The van der Waals surface area contributed by atoms with Gasteiger partial charge < -0.3 is 9.88 Å². The van der Waals surface area contributed by atoms with Crippen molar-refractivity contribution >= 4 is 22.7 Å². The molecule has 1 N–H and O–H groups in total. The summed E-state index contributed by atoms with van der Waals surface area (Å²) in [6, 6.07) is 9.02. The minimum absolute atomic E-state index is 0.705. The molecule has 1 aromatic carbocycles. The Morgan fingerprint density at radius 2 is 2.11 bits per heavy atom. The van der Waals surface area contributed by atoms with Gasteiger partial charge in [-0.25, -0.2) is 0 Å². The molecule has 19 heavy (non-hydrogen) atoms. The molecule has 0 aliphatic rings. The molecule has 1 heterocycles. The summed E-state index contributed by atoms with van der Waals surface area (Å²) in [6.07, 6.45) is 4.36. The topological polar surface area (TPSA) is 17.0 Å². The van der Waals surface area contributed by atoms with E-state index < -0.39 is 0 Å². The molecule has 104 valence electrons. The maximum absolute atomic E-state index is 3.50. The van der Waals surface area contributed by atoms with Crippen LogP contribution in [0.4, 0.5) is 0 Å². The third kappa shape index (κ3) is 4.02. The predicted molar refractivity (Wildman–Crippen MR) is 86.9 cm³/mol. The molecule has 0 aliphatic heterocycles. The second-order valence-corrected chi connectivity index (χ2v) is 6.41. The largest absolute Gasteiger partial charge is 0.347 e. The van der Waals surface area contributed by atoms with Crippen LogP contribution >= 0.6 is 11.8 Å². The lowest BCUT2D eigenvalue weighted by Crippen LogP contribution is -2.18. The van der Waals surface area contributed by atoms with E-state index >= 15 is 0 Å². The molecule has 0 radical (unpaired) electrons. The van der Waals surface area contributed by atoms with Gasteiger partial charge in [-0.1, -0.05) is 19.9 Å². The lowest BCUT2D eigenvalue weighted by molar-refractivity contribution is 0.552. The molecular formula is C16H24N2S. The van der Waals surface area contributed by atoms with Crippen molar-refractivity contribution in [1.29, 1.82) is 0 Å². The van der Waals surface area contributed by atoms with E-state index in [4.69, 9.17) is 0 Å². The molecule has 0 saturated carbocycles. The summed E-state index contributed by atoms with van der Waals surface area (Å²) in [7, 11) is 0. The fourth-order valence-corrected chi connectivity index (χ4v) is 2.63. The first-order valence-corrected chi connectivity index (χ1v) is 8.37. The molecule has 2 rings (SSSR count). The maximum Gasteiger partial charge on any atom is 0.0480 e. The molecule has 0 spiro atoms. The predicted octanol–water partition coefficient (Wildman–Crippen LogP) is 3.75. The number of benzene rings is 1. The summed E-state index contributed by atoms with van der Waals surface area (Å²) in [6.45, 7) is 7.61. The van der Waals surface area contributed by atoms with Gasteiger partial charge in [0.25, 0.3) is 0 Å². The first-order valence-electron chi connectivity index (χ1n) is 6.98. The fraction of sp³-hybridized carbons (Fsp3) is 0.500. The standard InChI is InChI=1S/C16H24N2S/c1-13(2)11-17-12-14-4-5-16-15(10-14)6-7-18(16)8-9-19-3/h4-7,10,13,17H,8-9,11-12H2,1-3H3. The summed E-state index contributed by atoms with van der Waals surface area (Å²) < 4.78 is 2.34. The van der Waals surface area contributed by atoms with Crippen molar-refractivity contribution in [3.8, 4) is 0 Å². The highest BCUT2D eigenvalue weighted by Crippen LogP contribution is 2.18. The fourth-order valence-electron chi connectivity index (χ4n) is 2.25. The maximum atomic E-state index is 3.50. The van der Waals surface area contributed by atoms with Gasteiger partial charge in [0.05, 0.1) is 0 Å². The average molecular weight is 276 g/mol. The van der Waals surface area contributed by atoms with Crippen LogP contribution in [0.15, 0.2) is 30.5 Å². The zero-order chi connectivity index (χ0) is 13.7. The smallest absolute Gasteiger partial charge is 0.0480 e. The van der Waals surface area contributed by atoms with Crippen molar-refractivity contribution in [2.45, 2.75) is 26.9 Å². The van der Waals surface area contributed by atoms with Crippen molar-refractivity contribution in [3.63, 3.8) is 0 Å². The molecule has 0 saturated heterocycles. The van der Waals surface area contributed by atoms with Gasteiger partial charge in [-0.2, -0.15) is 11.8 Å². The minimum atomic E-state index is 0.705. The lowest BCUT2D eigenvalue weighted by Gasteiger charge is -2.08. The van der Waals surface area contributed by atoms with Crippen molar-refractivity contribution in [3.05, 3.63) is 36.0 Å². The van der Waals surface area contributed by atoms with E-state index in [1.54, 1.807) is 0 Å². The molecule has 0 unspecified atom stereocenters. The molecule has 2 nitrogen and oxygen atoms in total. The zero-order valence-corrected chi connectivity index (χ0v) is 13.0. The van der Waals surface area contributed by atoms with E-state index in [-0.39, 0.29) is 0 Å². The van der Waals surface area contributed by atoms with Gasteiger partial charge in [0.15, 0.2) is 0 Å². The quantitative estimate of drug-likeness (QED) is 0.829. The van der Waals surface area contributed by atoms with Crippen LogP contribution in [0.3, 0.4) is 0 Å². The van der Waals surface area contributed by atoms with E-state index in [0.29, 0.717) is 5.92 Å². The van der Waals surface area contributed by atoms with E-state index in [1.165, 1.54) is 22.2 Å². The Kier molecular flexibility index (Phi) is 5.34. The Morgan fingerprint density at radius 1 is 1.26 bits per heavy atom. The summed E-state index contributed by atoms with van der Waals surface area (Å²) in [5.74, 6) is 1.87. The molecule has 3 heteroatoms. The van der Waals surface area contributed by atoms with Crippen LogP contribution in [-0.2, 0) is 13.1 Å². The van der Waals surface area contributed by atoms with Gasteiger partial charge in [-0.15, -0.1) is 0 Å². The number of hydrogen-bond acceptors (Lipinski definition) is 2. The average Bonchev–Trinajstić information content (AvgIpc) is 2.78.